The summed E-state index contributed by atoms with van der Waals surface area (Å²) in [6.07, 6.45) is 1.87. The molecule has 0 fully saturated rings. The maximum atomic E-state index is 14.1. The predicted octanol–water partition coefficient (Wildman–Crippen LogP) is 3.78. The van der Waals surface area contributed by atoms with E-state index in [4.69, 9.17) is 8.94 Å². The second-order valence-electron chi connectivity index (χ2n) is 11.9. The average molecular weight is 671 g/mol. The van der Waals surface area contributed by atoms with Gasteiger partial charge in [0.15, 0.2) is 5.69 Å². The van der Waals surface area contributed by atoms with Crippen molar-refractivity contribution < 1.29 is 28.1 Å². The number of oxazole rings is 1. The molecule has 48 heavy (non-hydrogen) atoms. The SMILES string of the molecule is Cc1oc2nc1C(=O)N[C@H](C)c1nc(cs1)C(=O)N[C@H](Cc1ccccc1)CN(C(=O)c1onc3ncccc13)CC(=O)N[C@H]2C(C)C. The summed E-state index contributed by atoms with van der Waals surface area (Å²) >= 11 is 1.23. The first-order valence-electron chi connectivity index (χ1n) is 15.4. The highest BCUT2D eigenvalue weighted by atomic mass is 32.1. The number of aryl methyl sites for hydroxylation is 1. The molecule has 0 radical (unpaired) electrons. The first kappa shape index (κ1) is 32.5. The molecule has 5 heterocycles. The molecule has 0 saturated carbocycles. The van der Waals surface area contributed by atoms with Gasteiger partial charge in [0.25, 0.3) is 17.7 Å². The topological polar surface area (TPSA) is 185 Å². The van der Waals surface area contributed by atoms with Crippen LogP contribution in [0.3, 0.4) is 0 Å². The van der Waals surface area contributed by atoms with Crippen LogP contribution in [0, 0.1) is 12.8 Å². The second kappa shape index (κ2) is 13.7. The molecule has 4 amide bonds. The minimum Gasteiger partial charge on any atom is -0.443 e. The van der Waals surface area contributed by atoms with Crippen molar-refractivity contribution in [1.29, 1.82) is 0 Å². The van der Waals surface area contributed by atoms with Gasteiger partial charge in [-0.1, -0.05) is 49.3 Å². The van der Waals surface area contributed by atoms with Gasteiger partial charge in [0, 0.05) is 18.1 Å². The van der Waals surface area contributed by atoms with E-state index in [1.807, 2.05) is 44.2 Å². The Balaban J connectivity index is 1.41. The normalized spacial score (nSPS) is 19.4. The molecule has 15 heteroatoms. The molecule has 0 aliphatic carbocycles. The molecule has 0 saturated heterocycles. The van der Waals surface area contributed by atoms with Crippen LogP contribution < -0.4 is 16.0 Å². The highest BCUT2D eigenvalue weighted by molar-refractivity contribution is 7.09. The van der Waals surface area contributed by atoms with Crippen LogP contribution in [0.1, 0.15) is 86.6 Å². The Labute approximate surface area is 279 Å². The van der Waals surface area contributed by atoms with Crippen LogP contribution in [0.25, 0.3) is 11.0 Å². The lowest BCUT2D eigenvalue weighted by atomic mass is 10.0. The van der Waals surface area contributed by atoms with Gasteiger partial charge in [-0.05, 0) is 43.9 Å². The number of hydrogen-bond acceptors (Lipinski definition) is 11. The molecule has 1 aliphatic heterocycles. The molecule has 248 valence electrons. The Hall–Kier alpha value is -5.44. The Morgan fingerprint density at radius 1 is 1.04 bits per heavy atom. The zero-order valence-corrected chi connectivity index (χ0v) is 27.5. The van der Waals surface area contributed by atoms with Gasteiger partial charge >= 0.3 is 0 Å². The maximum Gasteiger partial charge on any atom is 0.293 e. The van der Waals surface area contributed by atoms with Crippen molar-refractivity contribution >= 4 is 46.0 Å². The number of aromatic nitrogens is 4. The summed E-state index contributed by atoms with van der Waals surface area (Å²) in [5, 5.41) is 15.3. The van der Waals surface area contributed by atoms with Gasteiger partial charge in [0.1, 0.15) is 29.0 Å². The molecule has 4 bridgehead atoms. The molecule has 6 rings (SSSR count). The van der Waals surface area contributed by atoms with Gasteiger partial charge in [-0.25, -0.2) is 15.0 Å². The van der Waals surface area contributed by atoms with Crippen LogP contribution in [0.2, 0.25) is 0 Å². The summed E-state index contributed by atoms with van der Waals surface area (Å²) in [4.78, 5) is 69.2. The Kier molecular flexibility index (Phi) is 9.30. The van der Waals surface area contributed by atoms with E-state index in [9.17, 15) is 19.2 Å². The van der Waals surface area contributed by atoms with Crippen molar-refractivity contribution in [3.05, 3.63) is 93.4 Å². The van der Waals surface area contributed by atoms with Gasteiger partial charge in [0.2, 0.25) is 23.2 Å². The van der Waals surface area contributed by atoms with Crippen molar-refractivity contribution in [3.63, 3.8) is 0 Å². The molecule has 3 atom stereocenters. The Morgan fingerprint density at radius 2 is 1.83 bits per heavy atom. The number of benzene rings is 1. The lowest BCUT2D eigenvalue weighted by Gasteiger charge is -2.28. The van der Waals surface area contributed by atoms with Crippen LogP contribution in [0.15, 0.2) is 63.0 Å². The second-order valence-corrected chi connectivity index (χ2v) is 12.8. The largest absolute Gasteiger partial charge is 0.443 e. The number of fused-ring (bicyclic) bond motifs is 5. The summed E-state index contributed by atoms with van der Waals surface area (Å²) in [7, 11) is 0. The molecule has 4 aromatic heterocycles. The van der Waals surface area contributed by atoms with Crippen molar-refractivity contribution in [2.24, 2.45) is 5.92 Å². The lowest BCUT2D eigenvalue weighted by molar-refractivity contribution is -0.123. The number of thiazole rings is 1. The van der Waals surface area contributed by atoms with Crippen molar-refractivity contribution in [2.45, 2.75) is 52.2 Å². The molecule has 0 spiro atoms. The van der Waals surface area contributed by atoms with Crippen LogP contribution in [-0.2, 0) is 11.2 Å². The highest BCUT2D eigenvalue weighted by Crippen LogP contribution is 2.25. The number of rotatable bonds is 4. The third kappa shape index (κ3) is 6.95. The third-order valence-corrected chi connectivity index (χ3v) is 8.95. The zero-order valence-electron chi connectivity index (χ0n) is 26.7. The average Bonchev–Trinajstić information content (AvgIpc) is 3.82. The predicted molar refractivity (Wildman–Crippen MR) is 174 cm³/mol. The van der Waals surface area contributed by atoms with E-state index in [2.05, 4.69) is 36.1 Å². The van der Waals surface area contributed by atoms with E-state index in [1.54, 1.807) is 31.4 Å². The third-order valence-electron chi connectivity index (χ3n) is 7.92. The van der Waals surface area contributed by atoms with Crippen LogP contribution >= 0.6 is 11.3 Å². The van der Waals surface area contributed by atoms with Gasteiger partial charge < -0.3 is 29.8 Å². The van der Waals surface area contributed by atoms with E-state index in [0.717, 1.165) is 5.56 Å². The fraction of sp³-hybridized carbons (Fsp3) is 0.333. The lowest BCUT2D eigenvalue weighted by Crippen LogP contribution is -2.50. The van der Waals surface area contributed by atoms with E-state index in [1.165, 1.54) is 22.4 Å². The monoisotopic (exact) mass is 670 g/mol. The molecule has 0 unspecified atom stereocenters. The molecular formula is C33H34N8O6S. The molecule has 14 nitrogen and oxygen atoms in total. The quantitative estimate of drug-likeness (QED) is 0.254. The molecule has 3 N–H and O–H groups in total. The Morgan fingerprint density at radius 3 is 2.60 bits per heavy atom. The summed E-state index contributed by atoms with van der Waals surface area (Å²) in [6.45, 7) is 6.66. The summed E-state index contributed by atoms with van der Waals surface area (Å²) in [5.41, 5.74) is 1.37. The minimum atomic E-state index is -0.720. The van der Waals surface area contributed by atoms with Gasteiger partial charge in [0.05, 0.1) is 17.5 Å². The number of carbonyl (C=O) groups excluding carboxylic acids is 4. The van der Waals surface area contributed by atoms with Crippen LogP contribution in [0.5, 0.6) is 0 Å². The van der Waals surface area contributed by atoms with E-state index < -0.39 is 48.3 Å². The number of hydrogen-bond donors (Lipinski definition) is 3. The number of amides is 4. The zero-order chi connectivity index (χ0) is 33.9. The number of nitrogens with zero attached hydrogens (tertiary/aromatic N) is 5. The van der Waals surface area contributed by atoms with Gasteiger partial charge in [-0.15, -0.1) is 11.3 Å². The Bertz CT molecular complexity index is 1970. The number of nitrogens with one attached hydrogen (secondary N) is 3. The standard InChI is InChI=1S/C33H34N8O6S/c1-17(2)25-31-39-26(19(4)46-31)30(44)35-18(3)32-37-23(16-48-32)29(43)36-21(13-20-9-6-5-7-10-20)14-41(15-24(42)38-25)33(45)27-22-11-8-12-34-28(22)40-47-27/h5-12,16-18,21,25H,13-15H2,1-4H3,(H,35,44)(H,36,43)(H,38,42)/t18-,21-,25+/m1/s1. The fourth-order valence-corrected chi connectivity index (χ4v) is 6.28. The summed E-state index contributed by atoms with van der Waals surface area (Å²) in [6, 6.07) is 10.9. The fourth-order valence-electron chi connectivity index (χ4n) is 5.47. The summed E-state index contributed by atoms with van der Waals surface area (Å²) in [5.74, 6) is -1.94. The minimum absolute atomic E-state index is 0.0621. The van der Waals surface area contributed by atoms with E-state index >= 15 is 0 Å². The smallest absolute Gasteiger partial charge is 0.293 e. The van der Waals surface area contributed by atoms with Crippen molar-refractivity contribution in [2.75, 3.05) is 13.1 Å². The van der Waals surface area contributed by atoms with Crippen molar-refractivity contribution in [3.8, 4) is 0 Å². The van der Waals surface area contributed by atoms with Crippen LogP contribution in [-0.4, -0.2) is 67.8 Å². The van der Waals surface area contributed by atoms with E-state index in [-0.39, 0.29) is 46.9 Å². The molecule has 5 aromatic rings. The van der Waals surface area contributed by atoms with Gasteiger partial charge in [-0.2, -0.15) is 0 Å². The van der Waals surface area contributed by atoms with Crippen molar-refractivity contribution in [1.82, 2.24) is 41.0 Å². The first-order chi connectivity index (χ1) is 23.1. The number of pyridine rings is 1. The number of carbonyl (C=O) groups is 4. The maximum absolute atomic E-state index is 14.1. The highest BCUT2D eigenvalue weighted by Gasteiger charge is 2.32. The molecular weight excluding hydrogens is 636 g/mol. The van der Waals surface area contributed by atoms with Gasteiger partial charge in [-0.3, -0.25) is 19.2 Å². The molecule has 1 aliphatic rings. The molecule has 1 aromatic carbocycles. The van der Waals surface area contributed by atoms with E-state index in [0.29, 0.717) is 16.8 Å². The first-order valence-corrected chi connectivity index (χ1v) is 16.3. The van der Waals surface area contributed by atoms with Crippen LogP contribution in [0.4, 0.5) is 0 Å². The summed E-state index contributed by atoms with van der Waals surface area (Å²) < 4.78 is 11.3.